The van der Waals surface area contributed by atoms with E-state index in [1.807, 2.05) is 66.0 Å². The summed E-state index contributed by atoms with van der Waals surface area (Å²) in [6.45, 7) is 1.01. The van der Waals surface area contributed by atoms with Gasteiger partial charge in [-0.15, -0.1) is 23.5 Å². The number of benzene rings is 2. The largest absolute Gasteiger partial charge is 0.452 e. The maximum atomic E-state index is 12.2. The average Bonchev–Trinajstić information content (AvgIpc) is 3.27. The van der Waals surface area contributed by atoms with Crippen molar-refractivity contribution in [2.75, 3.05) is 18.1 Å². The molecule has 0 spiro atoms. The van der Waals surface area contributed by atoms with Crippen LogP contribution in [0, 0.1) is 0 Å². The van der Waals surface area contributed by atoms with Crippen molar-refractivity contribution < 1.29 is 19.1 Å². The minimum absolute atomic E-state index is 0.147. The first-order valence-electron chi connectivity index (χ1n) is 9.37. The summed E-state index contributed by atoms with van der Waals surface area (Å²) in [5, 5.41) is 2.65. The van der Waals surface area contributed by atoms with Crippen LogP contribution in [0.3, 0.4) is 0 Å². The van der Waals surface area contributed by atoms with Gasteiger partial charge in [-0.1, -0.05) is 42.5 Å². The third kappa shape index (κ3) is 6.37. The van der Waals surface area contributed by atoms with Crippen LogP contribution in [0.25, 0.3) is 0 Å². The molecule has 7 heteroatoms. The van der Waals surface area contributed by atoms with E-state index in [4.69, 9.17) is 4.74 Å². The molecule has 1 N–H and O–H groups in total. The number of amides is 1. The summed E-state index contributed by atoms with van der Waals surface area (Å²) in [4.78, 5) is 36.2. The van der Waals surface area contributed by atoms with Gasteiger partial charge in [-0.3, -0.25) is 9.59 Å². The summed E-state index contributed by atoms with van der Waals surface area (Å²) in [5.41, 5.74) is 2.53. The zero-order valence-electron chi connectivity index (χ0n) is 16.1. The normalized spacial score (nSPS) is 14.9. The minimum atomic E-state index is -0.649. The van der Waals surface area contributed by atoms with Gasteiger partial charge >= 0.3 is 5.97 Å². The Hall–Kier alpha value is -2.25. The lowest BCUT2D eigenvalue weighted by molar-refractivity contribution is -0.128. The predicted molar refractivity (Wildman–Crippen MR) is 117 cm³/mol. The molecule has 1 aliphatic rings. The Kier molecular flexibility index (Phi) is 7.77. The van der Waals surface area contributed by atoms with Gasteiger partial charge in [-0.25, -0.2) is 4.79 Å². The lowest BCUT2D eigenvalue weighted by Gasteiger charge is -2.16. The van der Waals surface area contributed by atoms with Crippen LogP contribution in [-0.4, -0.2) is 41.8 Å². The van der Waals surface area contributed by atoms with Crippen LogP contribution in [0.2, 0.25) is 0 Å². The summed E-state index contributed by atoms with van der Waals surface area (Å²) in [7, 11) is 0. The van der Waals surface area contributed by atoms with Crippen LogP contribution in [-0.2, 0) is 20.7 Å². The maximum Gasteiger partial charge on any atom is 0.338 e. The van der Waals surface area contributed by atoms with Crippen LogP contribution >= 0.6 is 23.5 Å². The Balaban J connectivity index is 1.49. The number of ketones is 1. The standard InChI is InChI=1S/C22H23NO4S2/c1-15(24)19(13-16-5-3-2-4-6-16)23-20(25)14-27-21(26)17-7-9-18(10-8-17)22-28-11-12-29-22/h2-10,19,22H,11-14H2,1H3,(H,23,25). The highest BCUT2D eigenvalue weighted by Crippen LogP contribution is 2.45. The van der Waals surface area contributed by atoms with Crippen LogP contribution in [0.5, 0.6) is 0 Å². The number of hydrogen-bond acceptors (Lipinski definition) is 6. The number of hydrogen-bond donors (Lipinski definition) is 1. The van der Waals surface area contributed by atoms with E-state index >= 15 is 0 Å². The fourth-order valence-corrected chi connectivity index (χ4v) is 5.78. The molecule has 2 aromatic carbocycles. The number of esters is 1. The van der Waals surface area contributed by atoms with E-state index in [1.165, 1.54) is 12.5 Å². The highest BCUT2D eigenvalue weighted by molar-refractivity contribution is 8.19. The zero-order valence-corrected chi connectivity index (χ0v) is 17.8. The van der Waals surface area contributed by atoms with Crippen molar-refractivity contribution in [2.24, 2.45) is 0 Å². The minimum Gasteiger partial charge on any atom is -0.452 e. The van der Waals surface area contributed by atoms with Crippen LogP contribution < -0.4 is 5.32 Å². The number of Topliss-reactive ketones (excluding diaryl/α,β-unsaturated/α-hetero) is 1. The molecule has 0 radical (unpaired) electrons. The number of rotatable bonds is 8. The quantitative estimate of drug-likeness (QED) is 0.646. The molecular formula is C22H23NO4S2. The highest BCUT2D eigenvalue weighted by Gasteiger charge is 2.20. The molecule has 5 nitrogen and oxygen atoms in total. The summed E-state index contributed by atoms with van der Waals surface area (Å²) in [5.74, 6) is 1.08. The Labute approximate surface area is 179 Å². The van der Waals surface area contributed by atoms with Gasteiger partial charge in [-0.05, 0) is 36.6 Å². The fourth-order valence-electron chi connectivity index (χ4n) is 2.92. The Morgan fingerprint density at radius 3 is 2.31 bits per heavy atom. The third-order valence-electron chi connectivity index (χ3n) is 4.48. The zero-order chi connectivity index (χ0) is 20.6. The van der Waals surface area contributed by atoms with Gasteiger partial charge < -0.3 is 10.1 Å². The van der Waals surface area contributed by atoms with Crippen molar-refractivity contribution in [2.45, 2.75) is 24.0 Å². The molecule has 0 saturated carbocycles. The molecule has 0 aliphatic carbocycles. The first-order chi connectivity index (χ1) is 14.0. The molecular weight excluding hydrogens is 406 g/mol. The smallest absolute Gasteiger partial charge is 0.338 e. The third-order valence-corrected chi connectivity index (χ3v) is 7.59. The lowest BCUT2D eigenvalue weighted by atomic mass is 10.0. The summed E-state index contributed by atoms with van der Waals surface area (Å²) in [6, 6.07) is 16.1. The van der Waals surface area contributed by atoms with E-state index < -0.39 is 24.5 Å². The molecule has 1 saturated heterocycles. The maximum absolute atomic E-state index is 12.2. The molecule has 29 heavy (non-hydrogen) atoms. The van der Waals surface area contributed by atoms with Crippen LogP contribution in [0.15, 0.2) is 54.6 Å². The fraction of sp³-hybridized carbons (Fsp3) is 0.318. The topological polar surface area (TPSA) is 72.5 Å². The number of carbonyl (C=O) groups is 3. The molecule has 1 amide bonds. The number of ether oxygens (including phenoxy) is 1. The van der Waals surface area contributed by atoms with Crippen molar-refractivity contribution >= 4 is 41.2 Å². The van der Waals surface area contributed by atoms with Crippen LogP contribution in [0.4, 0.5) is 0 Å². The summed E-state index contributed by atoms with van der Waals surface area (Å²) >= 11 is 3.80. The lowest BCUT2D eigenvalue weighted by Crippen LogP contribution is -2.43. The molecule has 1 aliphatic heterocycles. The molecule has 3 rings (SSSR count). The van der Waals surface area contributed by atoms with Gasteiger partial charge in [0.05, 0.1) is 16.2 Å². The Morgan fingerprint density at radius 2 is 1.69 bits per heavy atom. The van der Waals surface area contributed by atoms with Crippen molar-refractivity contribution in [3.63, 3.8) is 0 Å². The van der Waals surface area contributed by atoms with E-state index in [-0.39, 0.29) is 5.78 Å². The van der Waals surface area contributed by atoms with E-state index in [0.29, 0.717) is 16.6 Å². The molecule has 0 aromatic heterocycles. The van der Waals surface area contributed by atoms with Crippen molar-refractivity contribution in [3.05, 3.63) is 71.3 Å². The van der Waals surface area contributed by atoms with Gasteiger partial charge in [-0.2, -0.15) is 0 Å². The Bertz CT molecular complexity index is 849. The summed E-state index contributed by atoms with van der Waals surface area (Å²) < 4.78 is 5.53. The van der Waals surface area contributed by atoms with Gasteiger partial charge in [0, 0.05) is 11.5 Å². The van der Waals surface area contributed by atoms with E-state index in [2.05, 4.69) is 5.32 Å². The molecule has 1 unspecified atom stereocenters. The van der Waals surface area contributed by atoms with E-state index in [0.717, 1.165) is 17.1 Å². The second-order valence-electron chi connectivity index (χ2n) is 6.69. The van der Waals surface area contributed by atoms with Crippen LogP contribution in [0.1, 0.15) is 33.0 Å². The van der Waals surface area contributed by atoms with Gasteiger partial charge in [0.25, 0.3) is 5.91 Å². The first kappa shape index (κ1) is 21.5. The van der Waals surface area contributed by atoms with Gasteiger partial charge in [0.1, 0.15) is 0 Å². The number of carbonyl (C=O) groups excluding carboxylic acids is 3. The molecule has 0 bridgehead atoms. The molecule has 152 valence electrons. The van der Waals surface area contributed by atoms with E-state index in [1.54, 1.807) is 12.1 Å². The van der Waals surface area contributed by atoms with Crippen molar-refractivity contribution in [1.29, 1.82) is 0 Å². The second kappa shape index (κ2) is 10.5. The van der Waals surface area contributed by atoms with Gasteiger partial charge in [0.15, 0.2) is 12.4 Å². The van der Waals surface area contributed by atoms with Crippen molar-refractivity contribution in [1.82, 2.24) is 5.32 Å². The number of nitrogens with one attached hydrogen (secondary N) is 1. The first-order valence-corrected chi connectivity index (χ1v) is 11.5. The number of thioether (sulfide) groups is 2. The molecule has 1 heterocycles. The molecule has 2 aromatic rings. The SMILES string of the molecule is CC(=O)C(Cc1ccccc1)NC(=O)COC(=O)c1ccc(C2SCCS2)cc1. The molecule has 1 fully saturated rings. The predicted octanol–water partition coefficient (Wildman–Crippen LogP) is 3.64. The monoisotopic (exact) mass is 429 g/mol. The van der Waals surface area contributed by atoms with Crippen molar-refractivity contribution in [3.8, 4) is 0 Å². The highest BCUT2D eigenvalue weighted by atomic mass is 32.2. The second-order valence-corrected chi connectivity index (χ2v) is 9.42. The summed E-state index contributed by atoms with van der Waals surface area (Å²) in [6.07, 6.45) is 0.397. The molecule has 1 atom stereocenters. The average molecular weight is 430 g/mol. The Morgan fingerprint density at radius 1 is 1.03 bits per heavy atom. The van der Waals surface area contributed by atoms with E-state index in [9.17, 15) is 14.4 Å². The van der Waals surface area contributed by atoms with Gasteiger partial charge in [0.2, 0.25) is 0 Å².